The van der Waals surface area contributed by atoms with E-state index >= 15 is 0 Å². The molecule has 0 saturated heterocycles. The van der Waals surface area contributed by atoms with Crippen molar-refractivity contribution in [1.82, 2.24) is 15.5 Å². The molecule has 1 aliphatic carbocycles. The number of urea groups is 1. The molecular weight excluding hydrogens is 540 g/mol. The standard InChI is InChI=1S/C28H31F2N5O4S/c1-16(36)35(11-12-38-2)15-17-3-6-19(32-14-17)24-13-21-27(40-24)23(9-10-31-21)39-22-8-7-20(25(29)26(22)30)34-28(37)33-18-4-5-18/h3,6-9,13-14,18-19,31-32H,4-5,10-12,15H2,1-2H3,(H2,33,34,37)/t19-/m0/s1. The van der Waals surface area contributed by atoms with Gasteiger partial charge in [-0.2, -0.15) is 4.39 Å². The Kier molecular flexibility index (Phi) is 8.36. The molecule has 0 spiro atoms. The molecule has 0 radical (unpaired) electrons. The zero-order valence-electron chi connectivity index (χ0n) is 22.2. The second-order valence-corrected chi connectivity index (χ2v) is 10.8. The highest BCUT2D eigenvalue weighted by Crippen LogP contribution is 2.41. The molecule has 3 heterocycles. The van der Waals surface area contributed by atoms with Gasteiger partial charge in [0.25, 0.3) is 0 Å². The number of hydrogen-bond acceptors (Lipinski definition) is 7. The van der Waals surface area contributed by atoms with E-state index in [2.05, 4.69) is 21.3 Å². The Hall–Kier alpha value is -3.90. The summed E-state index contributed by atoms with van der Waals surface area (Å²) in [5, 5.41) is 11.7. The first-order valence-electron chi connectivity index (χ1n) is 13.0. The van der Waals surface area contributed by atoms with Crippen LogP contribution in [0.4, 0.5) is 25.0 Å². The van der Waals surface area contributed by atoms with Gasteiger partial charge in [0.15, 0.2) is 11.6 Å². The monoisotopic (exact) mass is 571 g/mol. The third-order valence-electron chi connectivity index (χ3n) is 6.62. The number of nitrogens with zero attached hydrogens (tertiary/aromatic N) is 1. The van der Waals surface area contributed by atoms with E-state index in [1.165, 1.54) is 30.4 Å². The summed E-state index contributed by atoms with van der Waals surface area (Å²) in [6.45, 7) is 3.45. The lowest BCUT2D eigenvalue weighted by Crippen LogP contribution is -2.34. The molecule has 0 unspecified atom stereocenters. The maximum absolute atomic E-state index is 14.9. The van der Waals surface area contributed by atoms with Crippen LogP contribution in [0.1, 0.15) is 35.6 Å². The molecule has 1 saturated carbocycles. The van der Waals surface area contributed by atoms with Crippen molar-refractivity contribution < 1.29 is 27.8 Å². The van der Waals surface area contributed by atoms with Crippen LogP contribution < -0.4 is 26.0 Å². The molecule has 2 aliphatic heterocycles. The fourth-order valence-electron chi connectivity index (χ4n) is 4.27. The molecule has 40 heavy (non-hydrogen) atoms. The lowest BCUT2D eigenvalue weighted by atomic mass is 10.1. The van der Waals surface area contributed by atoms with Gasteiger partial charge in [0, 0.05) is 50.8 Å². The SMILES string of the molecule is COCCN(CC1=CN[C@H](c2cc3c(s2)C(Oc2ccc(NC(=O)NC4CC4)c(F)c2F)=CCN3)C=C1)C(C)=O. The van der Waals surface area contributed by atoms with E-state index in [1.807, 2.05) is 24.4 Å². The Morgan fingerprint density at radius 3 is 2.75 bits per heavy atom. The van der Waals surface area contributed by atoms with Crippen LogP contribution in [-0.4, -0.2) is 56.2 Å². The summed E-state index contributed by atoms with van der Waals surface area (Å²) >= 11 is 1.47. The van der Waals surface area contributed by atoms with Gasteiger partial charge in [-0.25, -0.2) is 9.18 Å². The van der Waals surface area contributed by atoms with E-state index in [9.17, 15) is 18.4 Å². The second kappa shape index (κ2) is 12.1. The third kappa shape index (κ3) is 6.45. The number of dihydropyridines is 1. The molecule has 9 nitrogen and oxygen atoms in total. The fourth-order valence-corrected chi connectivity index (χ4v) is 5.43. The summed E-state index contributed by atoms with van der Waals surface area (Å²) < 4.78 is 40.5. The van der Waals surface area contributed by atoms with E-state index < -0.39 is 17.7 Å². The molecule has 2 aromatic rings. The summed E-state index contributed by atoms with van der Waals surface area (Å²) in [4.78, 5) is 27.3. The molecule has 3 aliphatic rings. The minimum Gasteiger partial charge on any atom is -0.453 e. The number of amides is 3. The van der Waals surface area contributed by atoms with Crippen LogP contribution >= 0.6 is 11.3 Å². The lowest BCUT2D eigenvalue weighted by Gasteiger charge is -2.24. The summed E-state index contributed by atoms with van der Waals surface area (Å²) in [6, 6.07) is 4.00. The summed E-state index contributed by atoms with van der Waals surface area (Å²) in [5.74, 6) is -2.24. The zero-order valence-corrected chi connectivity index (χ0v) is 23.0. The smallest absolute Gasteiger partial charge is 0.319 e. The number of anilines is 2. The van der Waals surface area contributed by atoms with Gasteiger partial charge >= 0.3 is 6.03 Å². The fraction of sp³-hybridized carbons (Fsp3) is 0.357. The van der Waals surface area contributed by atoms with Crippen molar-refractivity contribution >= 4 is 40.4 Å². The van der Waals surface area contributed by atoms with Gasteiger partial charge in [-0.1, -0.05) is 12.2 Å². The molecule has 212 valence electrons. The summed E-state index contributed by atoms with van der Waals surface area (Å²) in [7, 11) is 1.60. The molecule has 4 N–H and O–H groups in total. The lowest BCUT2D eigenvalue weighted by molar-refractivity contribution is -0.129. The third-order valence-corrected chi connectivity index (χ3v) is 7.86. The predicted molar refractivity (Wildman–Crippen MR) is 150 cm³/mol. The number of rotatable bonds is 10. The highest BCUT2D eigenvalue weighted by atomic mass is 32.1. The minimum atomic E-state index is -1.19. The Morgan fingerprint density at radius 1 is 1.23 bits per heavy atom. The Bertz CT molecular complexity index is 1380. The molecular formula is C28H31F2N5O4S. The molecule has 1 aromatic heterocycles. The molecule has 3 amide bonds. The number of halogens is 2. The molecule has 12 heteroatoms. The van der Waals surface area contributed by atoms with Crippen molar-refractivity contribution in [3.63, 3.8) is 0 Å². The van der Waals surface area contributed by atoms with E-state index in [0.29, 0.717) is 32.0 Å². The number of hydrogen-bond donors (Lipinski definition) is 4. The molecule has 1 fully saturated rings. The van der Waals surface area contributed by atoms with Crippen LogP contribution in [0.5, 0.6) is 5.75 Å². The van der Waals surface area contributed by atoms with Gasteiger partial charge in [0.2, 0.25) is 11.7 Å². The van der Waals surface area contributed by atoms with Crippen molar-refractivity contribution in [3.8, 4) is 5.75 Å². The van der Waals surface area contributed by atoms with Crippen molar-refractivity contribution in [2.45, 2.75) is 31.8 Å². The van der Waals surface area contributed by atoms with Crippen LogP contribution in [0.25, 0.3) is 5.76 Å². The predicted octanol–water partition coefficient (Wildman–Crippen LogP) is 4.73. The van der Waals surface area contributed by atoms with Crippen molar-refractivity contribution in [3.05, 3.63) is 69.6 Å². The number of thiophene rings is 1. The van der Waals surface area contributed by atoms with Crippen LogP contribution in [0.3, 0.4) is 0 Å². The van der Waals surface area contributed by atoms with Gasteiger partial charge in [-0.05, 0) is 42.7 Å². The highest BCUT2D eigenvalue weighted by Gasteiger charge is 2.26. The first-order chi connectivity index (χ1) is 19.3. The number of carbonyl (C=O) groups is 2. The van der Waals surface area contributed by atoms with Crippen LogP contribution in [0.2, 0.25) is 0 Å². The zero-order chi connectivity index (χ0) is 28.2. The summed E-state index contributed by atoms with van der Waals surface area (Å²) in [5.41, 5.74) is 1.54. The Labute approximate surface area is 234 Å². The topological polar surface area (TPSA) is 104 Å². The average Bonchev–Trinajstić information content (AvgIpc) is 3.64. The molecule has 1 aromatic carbocycles. The average molecular weight is 572 g/mol. The molecule has 0 bridgehead atoms. The normalized spacial score (nSPS) is 17.6. The number of nitrogens with one attached hydrogen (secondary N) is 4. The number of ether oxygens (including phenoxy) is 2. The van der Waals surface area contributed by atoms with Crippen LogP contribution in [0, 0.1) is 11.6 Å². The van der Waals surface area contributed by atoms with E-state index in [4.69, 9.17) is 9.47 Å². The maximum atomic E-state index is 14.9. The second-order valence-electron chi connectivity index (χ2n) is 9.71. The first kappa shape index (κ1) is 27.7. The Balaban J connectivity index is 1.24. The highest BCUT2D eigenvalue weighted by molar-refractivity contribution is 7.13. The van der Waals surface area contributed by atoms with Gasteiger partial charge < -0.3 is 35.6 Å². The molecule has 5 rings (SSSR count). The first-order valence-corrected chi connectivity index (χ1v) is 13.8. The summed E-state index contributed by atoms with van der Waals surface area (Å²) in [6.07, 6.45) is 9.44. The largest absolute Gasteiger partial charge is 0.453 e. The van der Waals surface area contributed by atoms with Gasteiger partial charge in [0.05, 0.1) is 28.9 Å². The number of methoxy groups -OCH3 is 1. The van der Waals surface area contributed by atoms with Crippen molar-refractivity contribution in [2.24, 2.45) is 0 Å². The molecule has 1 atom stereocenters. The van der Waals surface area contributed by atoms with Crippen molar-refractivity contribution in [1.29, 1.82) is 0 Å². The van der Waals surface area contributed by atoms with E-state index in [0.717, 1.165) is 33.9 Å². The Morgan fingerprint density at radius 2 is 2.05 bits per heavy atom. The van der Waals surface area contributed by atoms with Gasteiger partial charge in [-0.15, -0.1) is 11.3 Å². The van der Waals surface area contributed by atoms with Gasteiger partial charge in [-0.3, -0.25) is 4.79 Å². The van der Waals surface area contributed by atoms with E-state index in [1.54, 1.807) is 18.1 Å². The van der Waals surface area contributed by atoms with E-state index in [-0.39, 0.29) is 29.4 Å². The number of benzene rings is 1. The van der Waals surface area contributed by atoms with Crippen molar-refractivity contribution in [2.75, 3.05) is 44.0 Å². The van der Waals surface area contributed by atoms with Crippen LogP contribution in [0.15, 0.2) is 48.2 Å². The quantitative estimate of drug-likeness (QED) is 0.329. The van der Waals surface area contributed by atoms with Gasteiger partial charge in [0.1, 0.15) is 5.76 Å². The maximum Gasteiger partial charge on any atom is 0.319 e. The number of fused-ring (bicyclic) bond motifs is 1. The number of carbonyl (C=O) groups excluding carboxylic acids is 2. The minimum absolute atomic E-state index is 0.0221. The van der Waals surface area contributed by atoms with Crippen LogP contribution in [-0.2, 0) is 9.53 Å².